The zero-order valence-corrected chi connectivity index (χ0v) is 16.1. The van der Waals surface area contributed by atoms with Crippen LogP contribution in [0.25, 0.3) is 5.57 Å². The Balaban J connectivity index is 0.00000208. The molecule has 0 bridgehead atoms. The topological polar surface area (TPSA) is 40.5 Å². The Labute approximate surface area is 156 Å². The Morgan fingerprint density at radius 3 is 2.75 bits per heavy atom. The quantitative estimate of drug-likeness (QED) is 0.821. The van der Waals surface area contributed by atoms with Crippen molar-refractivity contribution in [2.75, 3.05) is 20.6 Å². The first-order chi connectivity index (χ1) is 11.1. The molecular formula is C18H20ClNO2S2. The van der Waals surface area contributed by atoms with Crippen LogP contribution in [0, 0.1) is 0 Å². The van der Waals surface area contributed by atoms with E-state index < -0.39 is 5.97 Å². The van der Waals surface area contributed by atoms with Crippen LogP contribution in [0.1, 0.15) is 32.8 Å². The number of benzene rings is 1. The lowest BCUT2D eigenvalue weighted by molar-refractivity contribution is 0.0702. The molecule has 0 aliphatic carbocycles. The van der Waals surface area contributed by atoms with E-state index in [4.69, 9.17) is 0 Å². The summed E-state index contributed by atoms with van der Waals surface area (Å²) >= 11 is 3.12. The third-order valence-electron chi connectivity index (χ3n) is 3.79. The van der Waals surface area contributed by atoms with Gasteiger partial charge in [-0.1, -0.05) is 30.3 Å². The summed E-state index contributed by atoms with van der Waals surface area (Å²) in [5.74, 6) is 0.0397. The standard InChI is InChI=1S/C18H19NO2S2.ClH/c1-19(2)9-5-8-14-13-7-4-3-6-12(13)11-22-18-15(14)10-16(23-18)17(20)21;/h3-4,6-8,10H,5,9,11H2,1-2H3,(H,20,21);1H/b14-8-;. The van der Waals surface area contributed by atoms with Crippen LogP contribution in [0.3, 0.4) is 0 Å². The zero-order chi connectivity index (χ0) is 16.4. The number of aromatic carboxylic acids is 1. The molecule has 1 aliphatic heterocycles. The molecule has 0 radical (unpaired) electrons. The van der Waals surface area contributed by atoms with Crippen molar-refractivity contribution in [3.63, 3.8) is 0 Å². The van der Waals surface area contributed by atoms with E-state index in [9.17, 15) is 9.90 Å². The normalized spacial score (nSPS) is 14.7. The van der Waals surface area contributed by atoms with E-state index in [1.165, 1.54) is 28.0 Å². The maximum Gasteiger partial charge on any atom is 0.345 e. The van der Waals surface area contributed by atoms with Crippen molar-refractivity contribution in [3.8, 4) is 0 Å². The highest BCUT2D eigenvalue weighted by Crippen LogP contribution is 2.44. The molecule has 3 rings (SSSR count). The van der Waals surface area contributed by atoms with Gasteiger partial charge in [0.05, 0.1) is 4.21 Å². The largest absolute Gasteiger partial charge is 0.477 e. The number of hydrogen-bond acceptors (Lipinski definition) is 4. The van der Waals surface area contributed by atoms with Crippen molar-refractivity contribution in [2.24, 2.45) is 0 Å². The minimum atomic E-state index is -0.843. The molecule has 24 heavy (non-hydrogen) atoms. The predicted octanol–water partition coefficient (Wildman–Crippen LogP) is 4.86. The molecule has 0 saturated heterocycles. The Morgan fingerprint density at radius 2 is 2.04 bits per heavy atom. The molecule has 1 aromatic carbocycles. The molecule has 1 aromatic heterocycles. The summed E-state index contributed by atoms with van der Waals surface area (Å²) in [7, 11) is 4.13. The minimum absolute atomic E-state index is 0. The van der Waals surface area contributed by atoms with Gasteiger partial charge in [-0.25, -0.2) is 4.79 Å². The van der Waals surface area contributed by atoms with E-state index in [2.05, 4.69) is 49.3 Å². The fourth-order valence-electron chi connectivity index (χ4n) is 2.66. The van der Waals surface area contributed by atoms with Gasteiger partial charge in [0, 0.05) is 17.9 Å². The second kappa shape index (κ2) is 8.21. The summed E-state index contributed by atoms with van der Waals surface area (Å²) in [5, 5.41) is 9.31. The summed E-state index contributed by atoms with van der Waals surface area (Å²) in [6.07, 6.45) is 3.20. The molecule has 1 aliphatic rings. The highest BCUT2D eigenvalue weighted by atomic mass is 35.5. The third-order valence-corrected chi connectivity index (χ3v) is 6.25. The molecular weight excluding hydrogens is 362 g/mol. The first-order valence-electron chi connectivity index (χ1n) is 7.49. The molecule has 0 spiro atoms. The van der Waals surface area contributed by atoms with E-state index >= 15 is 0 Å². The van der Waals surface area contributed by atoms with Crippen LogP contribution < -0.4 is 0 Å². The average Bonchev–Trinajstić information content (AvgIpc) is 2.88. The van der Waals surface area contributed by atoms with Gasteiger partial charge in [-0.15, -0.1) is 35.5 Å². The second-order valence-corrected chi connectivity index (χ2v) is 8.07. The fourth-order valence-corrected chi connectivity index (χ4v) is 4.95. The monoisotopic (exact) mass is 381 g/mol. The van der Waals surface area contributed by atoms with E-state index in [1.807, 2.05) is 6.07 Å². The molecule has 0 fully saturated rings. The molecule has 128 valence electrons. The highest BCUT2D eigenvalue weighted by Gasteiger charge is 2.22. The number of carbonyl (C=O) groups is 1. The van der Waals surface area contributed by atoms with Crippen molar-refractivity contribution in [1.29, 1.82) is 0 Å². The Kier molecular flexibility index (Phi) is 6.52. The van der Waals surface area contributed by atoms with Gasteiger partial charge in [0.25, 0.3) is 0 Å². The highest BCUT2D eigenvalue weighted by molar-refractivity contribution is 8.00. The van der Waals surface area contributed by atoms with Gasteiger partial charge >= 0.3 is 5.97 Å². The summed E-state index contributed by atoms with van der Waals surface area (Å²) in [6, 6.07) is 10.3. The van der Waals surface area contributed by atoms with Gasteiger partial charge in [-0.05, 0) is 43.3 Å². The molecule has 0 amide bonds. The number of fused-ring (bicyclic) bond motifs is 2. The smallest absolute Gasteiger partial charge is 0.345 e. The minimum Gasteiger partial charge on any atom is -0.477 e. The number of thioether (sulfide) groups is 1. The van der Waals surface area contributed by atoms with Crippen molar-refractivity contribution >= 4 is 47.0 Å². The Morgan fingerprint density at radius 1 is 1.29 bits per heavy atom. The van der Waals surface area contributed by atoms with Crippen molar-refractivity contribution < 1.29 is 9.90 Å². The van der Waals surface area contributed by atoms with Crippen molar-refractivity contribution in [1.82, 2.24) is 4.90 Å². The van der Waals surface area contributed by atoms with Gasteiger partial charge in [-0.3, -0.25) is 0 Å². The van der Waals surface area contributed by atoms with Gasteiger partial charge < -0.3 is 10.0 Å². The fraction of sp³-hybridized carbons (Fsp3) is 0.278. The summed E-state index contributed by atoms with van der Waals surface area (Å²) in [6.45, 7) is 0.976. The van der Waals surface area contributed by atoms with Gasteiger partial charge in [0.2, 0.25) is 0 Å². The lowest BCUT2D eigenvalue weighted by Gasteiger charge is -2.11. The third kappa shape index (κ3) is 4.03. The molecule has 1 N–H and O–H groups in total. The summed E-state index contributed by atoms with van der Waals surface area (Å²) in [4.78, 5) is 13.9. The first kappa shape index (κ1) is 19.1. The molecule has 0 unspecified atom stereocenters. The Bertz CT molecular complexity index is 768. The maximum absolute atomic E-state index is 11.3. The van der Waals surface area contributed by atoms with Crippen LogP contribution in [0.2, 0.25) is 0 Å². The average molecular weight is 382 g/mol. The number of carboxylic acid groups (broad SMARTS) is 1. The molecule has 2 heterocycles. The number of rotatable bonds is 4. The van der Waals surface area contributed by atoms with Gasteiger partial charge in [0.1, 0.15) is 4.88 Å². The van der Waals surface area contributed by atoms with Gasteiger partial charge in [0.15, 0.2) is 0 Å². The molecule has 3 nitrogen and oxygen atoms in total. The summed E-state index contributed by atoms with van der Waals surface area (Å²) < 4.78 is 1.11. The van der Waals surface area contributed by atoms with E-state index in [1.54, 1.807) is 11.8 Å². The maximum atomic E-state index is 11.3. The zero-order valence-electron chi connectivity index (χ0n) is 13.6. The lowest BCUT2D eigenvalue weighted by Crippen LogP contribution is -2.12. The number of carboxylic acids is 1. The van der Waals surface area contributed by atoms with E-state index in [0.29, 0.717) is 4.88 Å². The van der Waals surface area contributed by atoms with Crippen LogP contribution in [-0.2, 0) is 5.75 Å². The molecule has 0 saturated carbocycles. The van der Waals surface area contributed by atoms with Crippen molar-refractivity contribution in [3.05, 3.63) is 58.0 Å². The van der Waals surface area contributed by atoms with Crippen LogP contribution in [0.4, 0.5) is 0 Å². The molecule has 6 heteroatoms. The predicted molar refractivity (Wildman–Crippen MR) is 105 cm³/mol. The van der Waals surface area contributed by atoms with E-state index in [-0.39, 0.29) is 12.4 Å². The lowest BCUT2D eigenvalue weighted by atomic mass is 9.95. The first-order valence-corrected chi connectivity index (χ1v) is 9.30. The van der Waals surface area contributed by atoms with Crippen LogP contribution in [-0.4, -0.2) is 36.6 Å². The number of hydrogen-bond donors (Lipinski definition) is 1. The number of halogens is 1. The van der Waals surface area contributed by atoms with E-state index in [0.717, 1.165) is 28.5 Å². The van der Waals surface area contributed by atoms with Crippen LogP contribution >= 0.6 is 35.5 Å². The Hall–Kier alpha value is -1.27. The summed E-state index contributed by atoms with van der Waals surface area (Å²) in [5.41, 5.74) is 4.79. The van der Waals surface area contributed by atoms with Crippen molar-refractivity contribution in [2.45, 2.75) is 16.4 Å². The SMILES string of the molecule is CN(C)CC/C=C1/c2ccccc2CSc2sc(C(=O)O)cc21.Cl. The molecule has 2 aromatic rings. The van der Waals surface area contributed by atoms with Gasteiger partial charge in [-0.2, -0.15) is 0 Å². The number of thiophene rings is 1. The van der Waals surface area contributed by atoms with Crippen LogP contribution in [0.15, 0.2) is 40.6 Å². The molecule has 0 atom stereocenters. The van der Waals surface area contributed by atoms with Crippen LogP contribution in [0.5, 0.6) is 0 Å². The number of nitrogens with zero attached hydrogens (tertiary/aromatic N) is 1. The second-order valence-electron chi connectivity index (χ2n) is 5.77.